The van der Waals surface area contributed by atoms with Crippen molar-refractivity contribution in [3.8, 4) is 0 Å². The molecular weight excluding hydrogens is 359 g/mol. The minimum absolute atomic E-state index is 0. The largest absolute Gasteiger partial charge is 0.348 e. The van der Waals surface area contributed by atoms with Crippen molar-refractivity contribution in [2.24, 2.45) is 0 Å². The first-order valence-corrected chi connectivity index (χ1v) is 9.50. The first-order chi connectivity index (χ1) is 10.3. The van der Waals surface area contributed by atoms with Gasteiger partial charge in [-0.15, -0.1) is 12.4 Å². The zero-order valence-electron chi connectivity index (χ0n) is 13.1. The summed E-state index contributed by atoms with van der Waals surface area (Å²) in [5.41, 5.74) is 0.846. The molecule has 1 heterocycles. The summed E-state index contributed by atoms with van der Waals surface area (Å²) >= 11 is 5.96. The molecule has 1 aliphatic rings. The lowest BCUT2D eigenvalue weighted by Gasteiger charge is -2.35. The Morgan fingerprint density at radius 1 is 1.35 bits per heavy atom. The van der Waals surface area contributed by atoms with Crippen LogP contribution in [0.4, 0.5) is 0 Å². The average Bonchev–Trinajstić information content (AvgIpc) is 2.46. The minimum Gasteiger partial charge on any atom is -0.348 e. The van der Waals surface area contributed by atoms with Gasteiger partial charge in [-0.25, -0.2) is 8.42 Å². The summed E-state index contributed by atoms with van der Waals surface area (Å²) in [6, 6.07) is 6.87. The lowest BCUT2D eigenvalue weighted by atomic mass is 9.95. The normalized spacial score (nSPS) is 18.6. The van der Waals surface area contributed by atoms with Gasteiger partial charge in [0.2, 0.25) is 5.91 Å². The van der Waals surface area contributed by atoms with Crippen molar-refractivity contribution in [2.75, 3.05) is 19.3 Å². The predicted molar refractivity (Wildman–Crippen MR) is 94.9 cm³/mol. The number of benzene rings is 1. The van der Waals surface area contributed by atoms with Crippen LogP contribution in [0, 0.1) is 0 Å². The number of halogens is 2. The molecule has 8 heteroatoms. The van der Waals surface area contributed by atoms with E-state index in [-0.39, 0.29) is 18.4 Å². The maximum atomic E-state index is 12.7. The molecule has 1 atom stereocenters. The van der Waals surface area contributed by atoms with Crippen LogP contribution < -0.4 is 10.6 Å². The second kappa shape index (κ2) is 7.83. The minimum atomic E-state index is -3.50. The highest BCUT2D eigenvalue weighted by Crippen LogP contribution is 2.29. The molecule has 1 amide bonds. The van der Waals surface area contributed by atoms with Gasteiger partial charge in [0.15, 0.2) is 14.6 Å². The summed E-state index contributed by atoms with van der Waals surface area (Å²) in [7, 11) is -3.50. The zero-order valence-corrected chi connectivity index (χ0v) is 15.5. The van der Waals surface area contributed by atoms with Gasteiger partial charge in [0.25, 0.3) is 0 Å². The van der Waals surface area contributed by atoms with Gasteiger partial charge in [-0.1, -0.05) is 23.7 Å². The van der Waals surface area contributed by atoms with Gasteiger partial charge in [0, 0.05) is 11.3 Å². The van der Waals surface area contributed by atoms with Crippen molar-refractivity contribution in [1.82, 2.24) is 10.6 Å². The number of carbonyl (C=O) groups excluding carboxylic acids is 1. The molecule has 2 N–H and O–H groups in total. The van der Waals surface area contributed by atoms with E-state index in [4.69, 9.17) is 11.6 Å². The van der Waals surface area contributed by atoms with Gasteiger partial charge in [-0.2, -0.15) is 0 Å². The highest BCUT2D eigenvalue weighted by molar-refractivity contribution is 7.92. The number of hydrogen-bond donors (Lipinski definition) is 2. The molecule has 2 rings (SSSR count). The molecule has 23 heavy (non-hydrogen) atoms. The monoisotopic (exact) mass is 380 g/mol. The van der Waals surface area contributed by atoms with Gasteiger partial charge in [-0.05, 0) is 50.6 Å². The van der Waals surface area contributed by atoms with Crippen LogP contribution in [0.5, 0.6) is 0 Å². The Morgan fingerprint density at radius 3 is 2.48 bits per heavy atom. The van der Waals surface area contributed by atoms with Gasteiger partial charge in [-0.3, -0.25) is 4.79 Å². The van der Waals surface area contributed by atoms with E-state index >= 15 is 0 Å². The van der Waals surface area contributed by atoms with E-state index in [1.807, 2.05) is 13.0 Å². The van der Waals surface area contributed by atoms with Crippen molar-refractivity contribution in [2.45, 2.75) is 30.6 Å². The third-order valence-corrected chi connectivity index (χ3v) is 6.48. The summed E-state index contributed by atoms with van der Waals surface area (Å²) < 4.78 is 23.1. The quantitative estimate of drug-likeness (QED) is 0.838. The lowest BCUT2D eigenvalue weighted by molar-refractivity contribution is -0.125. The van der Waals surface area contributed by atoms with Crippen LogP contribution in [-0.4, -0.2) is 38.4 Å². The highest BCUT2D eigenvalue weighted by Gasteiger charge is 2.48. The fraction of sp³-hybridized carbons (Fsp3) is 0.533. The molecular formula is C15H22Cl2N2O3S. The van der Waals surface area contributed by atoms with Crippen LogP contribution in [-0.2, 0) is 14.6 Å². The summed E-state index contributed by atoms with van der Waals surface area (Å²) in [4.78, 5) is 12.7. The Balaban J connectivity index is 0.00000264. The number of hydrogen-bond acceptors (Lipinski definition) is 4. The molecule has 0 aliphatic carbocycles. The first kappa shape index (κ1) is 20.2. The maximum absolute atomic E-state index is 12.7. The Labute approximate surface area is 148 Å². The van der Waals surface area contributed by atoms with E-state index in [0.717, 1.165) is 11.8 Å². The van der Waals surface area contributed by atoms with Gasteiger partial charge in [0.05, 0.1) is 6.04 Å². The molecule has 1 unspecified atom stereocenters. The molecule has 0 saturated carbocycles. The zero-order chi connectivity index (χ0) is 16.4. The van der Waals surface area contributed by atoms with E-state index < -0.39 is 20.5 Å². The molecule has 0 spiro atoms. The smallest absolute Gasteiger partial charge is 0.242 e. The number of piperidine rings is 1. The number of nitrogens with one attached hydrogen (secondary N) is 2. The summed E-state index contributed by atoms with van der Waals surface area (Å²) in [6.45, 7) is 2.86. The molecule has 5 nitrogen and oxygen atoms in total. The van der Waals surface area contributed by atoms with Crippen molar-refractivity contribution in [1.29, 1.82) is 0 Å². The Hall–Kier alpha value is -0.820. The van der Waals surface area contributed by atoms with Crippen molar-refractivity contribution < 1.29 is 13.2 Å². The molecule has 130 valence electrons. The number of amides is 1. The number of carbonyl (C=O) groups is 1. The van der Waals surface area contributed by atoms with Crippen molar-refractivity contribution in [3.05, 3.63) is 34.9 Å². The van der Waals surface area contributed by atoms with E-state index in [1.54, 1.807) is 18.2 Å². The fourth-order valence-electron chi connectivity index (χ4n) is 2.78. The van der Waals surface area contributed by atoms with Crippen molar-refractivity contribution >= 4 is 39.8 Å². The molecule has 0 bridgehead atoms. The highest BCUT2D eigenvalue weighted by atomic mass is 35.5. The molecule has 1 saturated heterocycles. The molecule has 1 aliphatic heterocycles. The van der Waals surface area contributed by atoms with Crippen LogP contribution >= 0.6 is 24.0 Å². The van der Waals surface area contributed by atoms with Gasteiger partial charge < -0.3 is 10.6 Å². The fourth-order valence-corrected chi connectivity index (χ4v) is 4.32. The second-order valence-electron chi connectivity index (χ2n) is 5.77. The van der Waals surface area contributed by atoms with Gasteiger partial charge in [0.1, 0.15) is 0 Å². The third-order valence-electron chi connectivity index (χ3n) is 4.23. The Kier molecular flexibility index (Phi) is 6.89. The van der Waals surface area contributed by atoms with Crippen LogP contribution in [0.3, 0.4) is 0 Å². The van der Waals surface area contributed by atoms with E-state index in [2.05, 4.69) is 10.6 Å². The van der Waals surface area contributed by atoms with E-state index in [9.17, 15) is 13.2 Å². The molecule has 1 fully saturated rings. The Bertz CT molecular complexity index is 658. The third kappa shape index (κ3) is 4.38. The summed E-state index contributed by atoms with van der Waals surface area (Å²) in [5, 5.41) is 6.51. The average molecular weight is 381 g/mol. The standard InChI is InChI=1S/C15H21ClN2O3S.ClH/c1-11(12-4-3-5-13(16)10-12)18-14(19)15(22(2,20)21)6-8-17-9-7-15;/h3-5,10-11,17H,6-9H2,1-2H3,(H,18,19);1H. The van der Waals surface area contributed by atoms with Crippen LogP contribution in [0.1, 0.15) is 31.4 Å². The summed E-state index contributed by atoms with van der Waals surface area (Å²) in [5.74, 6) is -0.427. The van der Waals surface area contributed by atoms with E-state index in [0.29, 0.717) is 31.0 Å². The van der Waals surface area contributed by atoms with Crippen molar-refractivity contribution in [3.63, 3.8) is 0 Å². The second-order valence-corrected chi connectivity index (χ2v) is 8.53. The SMILES string of the molecule is CC(NC(=O)C1(S(C)(=O)=O)CCNCC1)c1cccc(Cl)c1.Cl. The van der Waals surface area contributed by atoms with Crippen LogP contribution in [0.15, 0.2) is 24.3 Å². The van der Waals surface area contributed by atoms with Gasteiger partial charge >= 0.3 is 0 Å². The van der Waals surface area contributed by atoms with Crippen LogP contribution in [0.25, 0.3) is 0 Å². The lowest BCUT2D eigenvalue weighted by Crippen LogP contribution is -2.57. The molecule has 1 aromatic carbocycles. The Morgan fingerprint density at radius 2 is 1.96 bits per heavy atom. The first-order valence-electron chi connectivity index (χ1n) is 7.23. The maximum Gasteiger partial charge on any atom is 0.242 e. The number of rotatable bonds is 4. The molecule has 0 radical (unpaired) electrons. The number of sulfone groups is 1. The summed E-state index contributed by atoms with van der Waals surface area (Å²) in [6.07, 6.45) is 1.72. The van der Waals surface area contributed by atoms with Crippen LogP contribution in [0.2, 0.25) is 5.02 Å². The topological polar surface area (TPSA) is 75.3 Å². The van der Waals surface area contributed by atoms with E-state index in [1.165, 1.54) is 0 Å². The molecule has 0 aromatic heterocycles. The molecule has 1 aromatic rings. The predicted octanol–water partition coefficient (Wildman–Crippen LogP) is 2.11.